The molecular formula is C30H43NO3. The van der Waals surface area contributed by atoms with Gasteiger partial charge in [0.2, 0.25) is 0 Å². The third-order valence-electron chi connectivity index (χ3n) is 12.1. The van der Waals surface area contributed by atoms with E-state index in [1.807, 2.05) is 7.11 Å². The number of rotatable bonds is 4. The molecule has 5 fully saturated rings. The number of piperidine rings is 1. The lowest BCUT2D eigenvalue weighted by Crippen LogP contribution is -2.83. The van der Waals surface area contributed by atoms with Gasteiger partial charge >= 0.3 is 0 Å². The van der Waals surface area contributed by atoms with Crippen LogP contribution in [0.1, 0.15) is 82.9 Å². The first-order valence-electron chi connectivity index (χ1n) is 13.8. The Morgan fingerprint density at radius 3 is 2.59 bits per heavy atom. The van der Waals surface area contributed by atoms with Crippen LogP contribution in [0.15, 0.2) is 12.1 Å². The maximum atomic E-state index is 12.2. The molecular weight excluding hydrogens is 422 g/mol. The van der Waals surface area contributed by atoms with Crippen LogP contribution in [0.3, 0.4) is 0 Å². The minimum absolute atomic E-state index is 0.00736. The Morgan fingerprint density at radius 2 is 1.91 bits per heavy atom. The van der Waals surface area contributed by atoms with Crippen LogP contribution >= 0.6 is 0 Å². The molecule has 34 heavy (non-hydrogen) atoms. The number of likely N-dealkylation sites (tertiary alicyclic amines) is 1. The lowest BCUT2D eigenvalue weighted by molar-refractivity contribution is -0.312. The zero-order valence-electron chi connectivity index (χ0n) is 22.0. The van der Waals surface area contributed by atoms with E-state index >= 15 is 0 Å². The molecule has 8 rings (SSSR count). The first-order chi connectivity index (χ1) is 16.0. The van der Waals surface area contributed by atoms with Crippen molar-refractivity contribution in [1.29, 1.82) is 0 Å². The van der Waals surface area contributed by atoms with Crippen LogP contribution in [0.2, 0.25) is 0 Å². The quantitative estimate of drug-likeness (QED) is 0.678. The fourth-order valence-corrected chi connectivity index (χ4v) is 9.73. The summed E-state index contributed by atoms with van der Waals surface area (Å²) in [5.41, 5.74) is 2.95. The summed E-state index contributed by atoms with van der Waals surface area (Å²) in [6.07, 6.45) is 8.33. The summed E-state index contributed by atoms with van der Waals surface area (Å²) >= 11 is 0. The highest BCUT2D eigenvalue weighted by Crippen LogP contribution is 2.77. The minimum atomic E-state index is -0.846. The second-order valence-electron chi connectivity index (χ2n) is 14.1. The highest BCUT2D eigenvalue weighted by Gasteiger charge is 2.82. The summed E-state index contributed by atoms with van der Waals surface area (Å²) in [5, 5.41) is 12.2. The van der Waals surface area contributed by atoms with Crippen molar-refractivity contribution in [2.24, 2.45) is 22.7 Å². The fraction of sp³-hybridized carbons (Fsp3) is 0.800. The predicted octanol–water partition coefficient (Wildman–Crippen LogP) is 5.02. The molecule has 0 amide bonds. The average molecular weight is 466 g/mol. The Labute approximate surface area is 205 Å². The maximum absolute atomic E-state index is 12.2. The minimum Gasteiger partial charge on any atom is -0.486 e. The topological polar surface area (TPSA) is 41.9 Å². The summed E-state index contributed by atoms with van der Waals surface area (Å²) in [4.78, 5) is 2.88. The molecule has 0 radical (unpaired) electrons. The summed E-state index contributed by atoms with van der Waals surface area (Å²) in [7, 11) is 1.89. The standard InChI is InChI=1S/C30H43NO3/c1-18-7-10-20-15-22-28-11-12-30(33-6,21(16-28)27(5,32)26(2,3)4)25-29(28,23(20)24(18)34-25)13-14-31(22)17-19-8-9-19/h7,10,19,21-22,25,32H,8-9,11-17H2,1-6H3/t21-,22-,25?,27-,28-,29+,30+/m1/s1. The fourth-order valence-electron chi connectivity index (χ4n) is 9.73. The maximum Gasteiger partial charge on any atom is 0.138 e. The summed E-state index contributed by atoms with van der Waals surface area (Å²) < 4.78 is 13.8. The summed E-state index contributed by atoms with van der Waals surface area (Å²) in [6, 6.07) is 5.24. The van der Waals surface area contributed by atoms with Crippen molar-refractivity contribution in [3.8, 4) is 5.75 Å². The van der Waals surface area contributed by atoms with Crippen molar-refractivity contribution < 1.29 is 14.6 Å². The molecule has 2 aliphatic heterocycles. The third kappa shape index (κ3) is 2.29. The zero-order chi connectivity index (χ0) is 23.9. The van der Waals surface area contributed by atoms with Gasteiger partial charge in [-0.3, -0.25) is 4.90 Å². The van der Waals surface area contributed by atoms with Crippen LogP contribution < -0.4 is 4.74 Å². The Hall–Kier alpha value is -1.10. The number of aryl methyl sites for hydroxylation is 1. The lowest BCUT2D eigenvalue weighted by Gasteiger charge is -2.75. The van der Waals surface area contributed by atoms with E-state index in [0.29, 0.717) is 6.04 Å². The van der Waals surface area contributed by atoms with Gasteiger partial charge in [0.05, 0.1) is 5.60 Å². The van der Waals surface area contributed by atoms with Crippen molar-refractivity contribution in [3.05, 3.63) is 28.8 Å². The van der Waals surface area contributed by atoms with E-state index in [0.717, 1.165) is 30.9 Å². The first kappa shape index (κ1) is 22.1. The second-order valence-corrected chi connectivity index (χ2v) is 14.1. The van der Waals surface area contributed by atoms with Crippen LogP contribution in [0, 0.1) is 29.6 Å². The van der Waals surface area contributed by atoms with E-state index in [4.69, 9.17) is 9.47 Å². The summed E-state index contributed by atoms with van der Waals surface area (Å²) in [5.74, 6) is 2.10. The number of nitrogens with zero attached hydrogens (tertiary/aromatic N) is 1. The number of methoxy groups -OCH3 is 1. The molecule has 4 bridgehead atoms. The van der Waals surface area contributed by atoms with Crippen LogP contribution in [0.25, 0.3) is 0 Å². The molecule has 4 saturated carbocycles. The third-order valence-corrected chi connectivity index (χ3v) is 12.1. The van der Waals surface area contributed by atoms with Crippen LogP contribution in [-0.2, 0) is 16.6 Å². The highest BCUT2D eigenvalue weighted by atomic mass is 16.6. The molecule has 1 unspecified atom stereocenters. The van der Waals surface area contributed by atoms with Gasteiger partial charge in [-0.15, -0.1) is 0 Å². The molecule has 5 aliphatic carbocycles. The van der Waals surface area contributed by atoms with Crippen LogP contribution in [0.4, 0.5) is 0 Å². The van der Waals surface area contributed by atoms with E-state index in [-0.39, 0.29) is 28.3 Å². The predicted molar refractivity (Wildman–Crippen MR) is 133 cm³/mol. The van der Waals surface area contributed by atoms with E-state index in [9.17, 15) is 5.11 Å². The van der Waals surface area contributed by atoms with Crippen molar-refractivity contribution in [3.63, 3.8) is 0 Å². The molecule has 7 aliphatic rings. The number of fused-ring (bicyclic) bond motifs is 2. The molecule has 4 nitrogen and oxygen atoms in total. The summed E-state index contributed by atoms with van der Waals surface area (Å²) in [6.45, 7) is 13.3. The van der Waals surface area contributed by atoms with Crippen LogP contribution in [0.5, 0.6) is 5.75 Å². The van der Waals surface area contributed by atoms with Gasteiger partial charge in [0, 0.05) is 42.0 Å². The van der Waals surface area contributed by atoms with E-state index in [1.165, 1.54) is 55.5 Å². The SMILES string of the molecule is CO[C@@]12CC[C@@]3(C[C@@H]1[C@@](C)(O)C(C)(C)C)[C@H]1Cc4ccc(C)c5c4[C@@]3(CCN1CC1CC1)C2O5. The van der Waals surface area contributed by atoms with Gasteiger partial charge in [-0.25, -0.2) is 0 Å². The van der Waals surface area contributed by atoms with Gasteiger partial charge in [-0.1, -0.05) is 32.9 Å². The van der Waals surface area contributed by atoms with Gasteiger partial charge in [0.1, 0.15) is 17.5 Å². The molecule has 2 spiro atoms. The van der Waals surface area contributed by atoms with E-state index in [1.54, 1.807) is 0 Å². The molecule has 1 aromatic rings. The van der Waals surface area contributed by atoms with Gasteiger partial charge in [0.15, 0.2) is 0 Å². The molecule has 1 aromatic carbocycles. The zero-order valence-corrected chi connectivity index (χ0v) is 22.0. The molecule has 4 heteroatoms. The Morgan fingerprint density at radius 1 is 1.15 bits per heavy atom. The highest BCUT2D eigenvalue weighted by molar-refractivity contribution is 5.61. The molecule has 0 aromatic heterocycles. The number of hydrogen-bond donors (Lipinski definition) is 1. The molecule has 186 valence electrons. The number of aliphatic hydroxyl groups is 1. The number of ether oxygens (including phenoxy) is 2. The average Bonchev–Trinajstić information content (AvgIpc) is 3.53. The molecule has 1 saturated heterocycles. The lowest BCUT2D eigenvalue weighted by atomic mass is 9.33. The smallest absolute Gasteiger partial charge is 0.138 e. The normalized spacial score (nSPS) is 43.9. The van der Waals surface area contributed by atoms with Gasteiger partial charge in [-0.2, -0.15) is 0 Å². The van der Waals surface area contributed by atoms with Crippen molar-refractivity contribution >= 4 is 0 Å². The van der Waals surface area contributed by atoms with Crippen molar-refractivity contribution in [2.45, 2.75) is 108 Å². The Balaban J connectivity index is 1.47. The first-order valence-corrected chi connectivity index (χ1v) is 13.8. The molecule has 1 N–H and O–H groups in total. The Kier molecular flexibility index (Phi) is 4.18. The van der Waals surface area contributed by atoms with Crippen molar-refractivity contribution in [1.82, 2.24) is 4.90 Å². The monoisotopic (exact) mass is 465 g/mol. The number of hydrogen-bond acceptors (Lipinski definition) is 4. The molecule has 2 heterocycles. The van der Waals surface area contributed by atoms with Crippen molar-refractivity contribution in [2.75, 3.05) is 20.2 Å². The van der Waals surface area contributed by atoms with Gasteiger partial charge in [-0.05, 0) is 87.8 Å². The molecule has 7 atom stereocenters. The van der Waals surface area contributed by atoms with E-state index in [2.05, 4.69) is 51.7 Å². The van der Waals surface area contributed by atoms with Gasteiger partial charge in [0.25, 0.3) is 0 Å². The second kappa shape index (κ2) is 6.42. The van der Waals surface area contributed by atoms with Crippen LogP contribution in [-0.4, -0.2) is 53.6 Å². The van der Waals surface area contributed by atoms with Gasteiger partial charge < -0.3 is 14.6 Å². The largest absolute Gasteiger partial charge is 0.486 e. The Bertz CT molecular complexity index is 1050. The van der Waals surface area contributed by atoms with E-state index < -0.39 is 11.2 Å². The number of benzene rings is 1.